The lowest BCUT2D eigenvalue weighted by molar-refractivity contribution is 0.142. The van der Waals surface area contributed by atoms with E-state index >= 15 is 0 Å². The minimum atomic E-state index is -0.267. The van der Waals surface area contributed by atoms with E-state index in [1.165, 1.54) is 5.56 Å². The fourth-order valence-electron chi connectivity index (χ4n) is 2.28. The van der Waals surface area contributed by atoms with Gasteiger partial charge in [-0.3, -0.25) is 0 Å². The number of amides is 2. The summed E-state index contributed by atoms with van der Waals surface area (Å²) in [5.41, 5.74) is 2.13. The number of hydrogen-bond acceptors (Lipinski definition) is 2. The molecule has 0 spiro atoms. The summed E-state index contributed by atoms with van der Waals surface area (Å²) in [4.78, 5) is 11.8. The number of carbonyl (C=O) groups excluding carboxylic acids is 1. The summed E-state index contributed by atoms with van der Waals surface area (Å²) < 4.78 is 0. The number of aliphatic hydroxyl groups is 1. The van der Waals surface area contributed by atoms with E-state index in [-0.39, 0.29) is 17.6 Å². The number of hydrogen-bond donors (Lipinski definition) is 3. The molecule has 0 unspecified atom stereocenters. The fourth-order valence-corrected chi connectivity index (χ4v) is 2.28. The van der Waals surface area contributed by atoms with Gasteiger partial charge in [-0.15, -0.1) is 0 Å². The molecule has 0 aromatic heterocycles. The van der Waals surface area contributed by atoms with Crippen molar-refractivity contribution in [3.05, 3.63) is 29.8 Å². The summed E-state index contributed by atoms with van der Waals surface area (Å²) in [5.74, 6) is 0.458. The number of nitrogens with one attached hydrogen (secondary N) is 2. The average Bonchev–Trinajstić information content (AvgIpc) is 3.22. The highest BCUT2D eigenvalue weighted by atomic mass is 16.3. The predicted octanol–water partition coefficient (Wildman–Crippen LogP) is 3.27. The summed E-state index contributed by atoms with van der Waals surface area (Å²) in [7, 11) is 0. The molecule has 2 amide bonds. The molecule has 0 heterocycles. The van der Waals surface area contributed by atoms with Crippen LogP contribution in [0.25, 0.3) is 0 Å². The first-order chi connectivity index (χ1) is 9.86. The molecule has 116 valence electrons. The Labute approximate surface area is 126 Å². The molecule has 1 aromatic carbocycles. The second-order valence-corrected chi connectivity index (χ2v) is 6.90. The molecule has 0 aliphatic heterocycles. The molecule has 1 aliphatic rings. The van der Waals surface area contributed by atoms with Gasteiger partial charge in [0.2, 0.25) is 0 Å². The lowest BCUT2D eigenvalue weighted by atomic mass is 9.87. The molecule has 1 aromatic rings. The van der Waals surface area contributed by atoms with Gasteiger partial charge in [-0.05, 0) is 48.3 Å². The van der Waals surface area contributed by atoms with E-state index in [1.54, 1.807) is 0 Å². The van der Waals surface area contributed by atoms with Crippen molar-refractivity contribution in [1.82, 2.24) is 5.32 Å². The van der Waals surface area contributed by atoms with Gasteiger partial charge in [-0.25, -0.2) is 4.79 Å². The highest BCUT2D eigenvalue weighted by Gasteiger charge is 2.29. The molecule has 0 saturated heterocycles. The molecule has 3 N–H and O–H groups in total. The molecule has 1 aliphatic carbocycles. The normalized spacial score (nSPS) is 16.4. The van der Waals surface area contributed by atoms with Gasteiger partial charge in [0.05, 0.1) is 6.10 Å². The zero-order chi connectivity index (χ0) is 15.5. The van der Waals surface area contributed by atoms with Crippen molar-refractivity contribution in [2.45, 2.75) is 51.6 Å². The molecule has 0 bridgehead atoms. The smallest absolute Gasteiger partial charge is 0.319 e. The number of rotatable bonds is 5. The Morgan fingerprint density at radius 1 is 1.29 bits per heavy atom. The minimum absolute atomic E-state index is 0.111. The van der Waals surface area contributed by atoms with Crippen molar-refractivity contribution in [3.8, 4) is 0 Å². The van der Waals surface area contributed by atoms with Crippen LogP contribution in [0.15, 0.2) is 24.3 Å². The zero-order valence-electron chi connectivity index (χ0n) is 13.1. The maximum atomic E-state index is 11.8. The van der Waals surface area contributed by atoms with Crippen molar-refractivity contribution < 1.29 is 9.90 Å². The monoisotopic (exact) mass is 290 g/mol. The van der Waals surface area contributed by atoms with Crippen LogP contribution in [0.3, 0.4) is 0 Å². The first-order valence-corrected chi connectivity index (χ1v) is 7.70. The van der Waals surface area contributed by atoms with Crippen LogP contribution in [0, 0.1) is 5.92 Å². The highest BCUT2D eigenvalue weighted by Crippen LogP contribution is 2.33. The Hall–Kier alpha value is -1.55. The Kier molecular flexibility index (Phi) is 4.88. The van der Waals surface area contributed by atoms with Crippen LogP contribution in [0.1, 0.15) is 45.6 Å². The van der Waals surface area contributed by atoms with Gasteiger partial charge in [0, 0.05) is 12.2 Å². The number of urea groups is 1. The van der Waals surface area contributed by atoms with Gasteiger partial charge < -0.3 is 15.7 Å². The summed E-state index contributed by atoms with van der Waals surface area (Å²) in [6, 6.07) is 7.68. The standard InChI is InChI=1S/C17H26N2O2/c1-17(2,3)13-6-8-14(9-7-13)19-16(21)18-11-10-15(20)12-4-5-12/h6-9,12,15,20H,4-5,10-11H2,1-3H3,(H2,18,19,21)/t15-/m1/s1. The van der Waals surface area contributed by atoms with Gasteiger partial charge >= 0.3 is 6.03 Å². The van der Waals surface area contributed by atoms with E-state index < -0.39 is 0 Å². The molecule has 1 saturated carbocycles. The summed E-state index contributed by atoms with van der Waals surface area (Å²) >= 11 is 0. The number of carbonyl (C=O) groups is 1. The van der Waals surface area contributed by atoms with Crippen molar-refractivity contribution in [2.24, 2.45) is 5.92 Å². The van der Waals surface area contributed by atoms with Crippen LogP contribution < -0.4 is 10.6 Å². The Balaban J connectivity index is 1.74. The number of aliphatic hydroxyl groups excluding tert-OH is 1. The Morgan fingerprint density at radius 3 is 2.43 bits per heavy atom. The second-order valence-electron chi connectivity index (χ2n) is 6.90. The molecular weight excluding hydrogens is 264 g/mol. The second kappa shape index (κ2) is 6.48. The molecule has 21 heavy (non-hydrogen) atoms. The third-order valence-corrected chi connectivity index (χ3v) is 3.90. The first-order valence-electron chi connectivity index (χ1n) is 7.70. The predicted molar refractivity (Wildman–Crippen MR) is 85.5 cm³/mol. The van der Waals surface area contributed by atoms with E-state index in [1.807, 2.05) is 24.3 Å². The molecule has 1 atom stereocenters. The topological polar surface area (TPSA) is 61.4 Å². The summed E-state index contributed by atoms with van der Waals surface area (Å²) in [6.07, 6.45) is 2.60. The van der Waals surface area contributed by atoms with Crippen molar-refractivity contribution in [2.75, 3.05) is 11.9 Å². The largest absolute Gasteiger partial charge is 0.393 e. The van der Waals surface area contributed by atoms with Crippen LogP contribution in [0.4, 0.5) is 10.5 Å². The van der Waals surface area contributed by atoms with Crippen LogP contribution in [0.5, 0.6) is 0 Å². The van der Waals surface area contributed by atoms with E-state index in [9.17, 15) is 9.90 Å². The van der Waals surface area contributed by atoms with Gasteiger partial charge in [0.1, 0.15) is 0 Å². The van der Waals surface area contributed by atoms with Gasteiger partial charge in [-0.1, -0.05) is 32.9 Å². The quantitative estimate of drug-likeness (QED) is 0.779. The van der Waals surface area contributed by atoms with Crippen LogP contribution in [-0.2, 0) is 5.41 Å². The molecule has 2 rings (SSSR count). The minimum Gasteiger partial charge on any atom is -0.393 e. The third-order valence-electron chi connectivity index (χ3n) is 3.90. The lowest BCUT2D eigenvalue weighted by Gasteiger charge is -2.19. The molecule has 4 heteroatoms. The molecule has 0 radical (unpaired) electrons. The van der Waals surface area contributed by atoms with Crippen LogP contribution >= 0.6 is 0 Å². The molecule has 4 nitrogen and oxygen atoms in total. The number of anilines is 1. The lowest BCUT2D eigenvalue weighted by Crippen LogP contribution is -2.31. The van der Waals surface area contributed by atoms with Gasteiger partial charge in [-0.2, -0.15) is 0 Å². The Bertz CT molecular complexity index is 473. The molecular formula is C17H26N2O2. The van der Waals surface area contributed by atoms with Crippen LogP contribution in [0.2, 0.25) is 0 Å². The fraction of sp³-hybridized carbons (Fsp3) is 0.588. The van der Waals surface area contributed by atoms with Gasteiger partial charge in [0.15, 0.2) is 0 Å². The van der Waals surface area contributed by atoms with Crippen molar-refractivity contribution in [1.29, 1.82) is 0 Å². The average molecular weight is 290 g/mol. The van der Waals surface area contributed by atoms with Crippen molar-refractivity contribution >= 4 is 11.7 Å². The third kappa shape index (κ3) is 5.05. The summed E-state index contributed by atoms with van der Waals surface area (Å²) in [5, 5.41) is 15.3. The number of benzene rings is 1. The Morgan fingerprint density at radius 2 is 1.90 bits per heavy atom. The van der Waals surface area contributed by atoms with E-state index in [0.717, 1.165) is 18.5 Å². The van der Waals surface area contributed by atoms with Gasteiger partial charge in [0.25, 0.3) is 0 Å². The van der Waals surface area contributed by atoms with E-state index in [4.69, 9.17) is 0 Å². The maximum Gasteiger partial charge on any atom is 0.319 e. The zero-order valence-corrected chi connectivity index (χ0v) is 13.1. The van der Waals surface area contributed by atoms with E-state index in [0.29, 0.717) is 18.9 Å². The van der Waals surface area contributed by atoms with E-state index in [2.05, 4.69) is 31.4 Å². The SMILES string of the molecule is CC(C)(C)c1ccc(NC(=O)NCC[C@@H](O)C2CC2)cc1. The highest BCUT2D eigenvalue weighted by molar-refractivity contribution is 5.89. The van der Waals surface area contributed by atoms with Crippen molar-refractivity contribution in [3.63, 3.8) is 0 Å². The maximum absolute atomic E-state index is 11.8. The summed E-state index contributed by atoms with van der Waals surface area (Å²) in [6.45, 7) is 6.98. The first kappa shape index (κ1) is 15.8. The molecule has 1 fully saturated rings. The van der Waals surface area contributed by atoms with Crippen LogP contribution in [-0.4, -0.2) is 23.8 Å².